The summed E-state index contributed by atoms with van der Waals surface area (Å²) in [5, 5.41) is 14.0. The number of ether oxygens (including phenoxy) is 2. The van der Waals surface area contributed by atoms with Crippen LogP contribution in [-0.4, -0.2) is 42.0 Å². The fourth-order valence-electron chi connectivity index (χ4n) is 1.63. The summed E-state index contributed by atoms with van der Waals surface area (Å²) in [7, 11) is 0. The maximum absolute atomic E-state index is 10.6. The number of aliphatic hydroxyl groups is 1. The second-order valence-electron chi connectivity index (χ2n) is 4.81. The Morgan fingerprint density at radius 2 is 1.95 bits per heavy atom. The first-order valence-corrected chi connectivity index (χ1v) is 6.82. The SMILES string of the molecule is C=CCOc1ccccc1OC[C@@H](O)CN(N=O)C(C)C. The Labute approximate surface area is 124 Å². The van der Waals surface area contributed by atoms with E-state index in [1.807, 2.05) is 26.0 Å². The number of hydrogen-bond donors (Lipinski definition) is 1. The van der Waals surface area contributed by atoms with Gasteiger partial charge in [0.1, 0.15) is 19.3 Å². The Kier molecular flexibility index (Phi) is 7.25. The summed E-state index contributed by atoms with van der Waals surface area (Å²) in [5.74, 6) is 1.12. The number of hydrogen-bond acceptors (Lipinski definition) is 5. The summed E-state index contributed by atoms with van der Waals surface area (Å²) in [4.78, 5) is 10.6. The van der Waals surface area contributed by atoms with Crippen LogP contribution in [0.3, 0.4) is 0 Å². The number of benzene rings is 1. The van der Waals surface area contributed by atoms with Crippen LogP contribution in [0.1, 0.15) is 13.8 Å². The second-order valence-corrected chi connectivity index (χ2v) is 4.81. The molecule has 0 amide bonds. The van der Waals surface area contributed by atoms with Gasteiger partial charge in [0.15, 0.2) is 11.5 Å². The summed E-state index contributed by atoms with van der Waals surface area (Å²) in [6.45, 7) is 7.79. The van der Waals surface area contributed by atoms with Gasteiger partial charge in [-0.25, -0.2) is 0 Å². The topological polar surface area (TPSA) is 71.4 Å². The quantitative estimate of drug-likeness (QED) is 0.407. The minimum atomic E-state index is -0.822. The summed E-state index contributed by atoms with van der Waals surface area (Å²) in [6, 6.07) is 7.11. The van der Waals surface area contributed by atoms with Gasteiger partial charge in [0, 0.05) is 6.04 Å². The van der Waals surface area contributed by atoms with Crippen molar-refractivity contribution in [1.82, 2.24) is 5.01 Å². The zero-order valence-electron chi connectivity index (χ0n) is 12.4. The molecule has 6 heteroatoms. The molecule has 0 spiro atoms. The maximum atomic E-state index is 10.6. The van der Waals surface area contributed by atoms with Gasteiger partial charge in [-0.3, -0.25) is 5.01 Å². The van der Waals surface area contributed by atoms with Crippen molar-refractivity contribution in [2.24, 2.45) is 5.29 Å². The summed E-state index contributed by atoms with van der Waals surface area (Å²) >= 11 is 0. The lowest BCUT2D eigenvalue weighted by Crippen LogP contribution is -2.36. The van der Waals surface area contributed by atoms with Crippen LogP contribution in [0, 0.1) is 4.91 Å². The molecule has 1 aromatic rings. The smallest absolute Gasteiger partial charge is 0.161 e. The third kappa shape index (κ3) is 5.83. The normalized spacial score (nSPS) is 11.8. The van der Waals surface area contributed by atoms with Crippen LogP contribution >= 0.6 is 0 Å². The van der Waals surface area contributed by atoms with Crippen molar-refractivity contribution < 1.29 is 14.6 Å². The highest BCUT2D eigenvalue weighted by Crippen LogP contribution is 2.26. The first-order chi connectivity index (χ1) is 10.1. The zero-order chi connectivity index (χ0) is 15.7. The molecule has 0 aliphatic heterocycles. The van der Waals surface area contributed by atoms with E-state index in [2.05, 4.69) is 11.9 Å². The molecule has 0 saturated heterocycles. The minimum Gasteiger partial charge on any atom is -0.487 e. The Bertz CT molecular complexity index is 451. The van der Waals surface area contributed by atoms with Gasteiger partial charge in [-0.05, 0) is 26.0 Å². The lowest BCUT2D eigenvalue weighted by molar-refractivity contribution is 0.0570. The lowest BCUT2D eigenvalue weighted by Gasteiger charge is -2.22. The molecule has 0 aliphatic carbocycles. The molecular formula is C15H22N2O4. The Morgan fingerprint density at radius 3 is 2.48 bits per heavy atom. The number of aliphatic hydroxyl groups excluding tert-OH is 1. The largest absolute Gasteiger partial charge is 0.487 e. The van der Waals surface area contributed by atoms with Gasteiger partial charge in [-0.15, -0.1) is 4.91 Å². The van der Waals surface area contributed by atoms with E-state index in [0.29, 0.717) is 18.1 Å². The standard InChI is InChI=1S/C15H22N2O4/c1-4-9-20-14-7-5-6-8-15(14)21-11-13(18)10-17(16-19)12(2)3/h4-8,12-13,18H,1,9-11H2,2-3H3/t13-/m0/s1. The summed E-state index contributed by atoms with van der Waals surface area (Å²) in [5.41, 5.74) is 0. The van der Waals surface area contributed by atoms with E-state index in [0.717, 1.165) is 0 Å². The molecule has 1 rings (SSSR count). The summed E-state index contributed by atoms with van der Waals surface area (Å²) in [6.07, 6.45) is 0.819. The van der Waals surface area contributed by atoms with E-state index < -0.39 is 6.10 Å². The van der Waals surface area contributed by atoms with Crippen LogP contribution in [0.4, 0.5) is 0 Å². The van der Waals surface area contributed by atoms with Crippen molar-refractivity contribution in [2.45, 2.75) is 26.0 Å². The molecule has 0 bridgehead atoms. The van der Waals surface area contributed by atoms with E-state index in [4.69, 9.17) is 9.47 Å². The Morgan fingerprint density at radius 1 is 1.33 bits per heavy atom. The molecule has 0 aliphatic rings. The molecule has 0 heterocycles. The second kappa shape index (κ2) is 8.97. The molecule has 0 unspecified atom stereocenters. The molecule has 0 aromatic heterocycles. The van der Waals surface area contributed by atoms with Crippen LogP contribution in [0.5, 0.6) is 11.5 Å². The average Bonchev–Trinajstić information content (AvgIpc) is 2.48. The van der Waals surface area contributed by atoms with Crippen molar-refractivity contribution in [2.75, 3.05) is 19.8 Å². The predicted octanol–water partition coefficient (Wildman–Crippen LogP) is 2.38. The van der Waals surface area contributed by atoms with E-state index in [1.165, 1.54) is 5.01 Å². The van der Waals surface area contributed by atoms with Gasteiger partial charge < -0.3 is 14.6 Å². The Hall–Kier alpha value is -2.08. The molecular weight excluding hydrogens is 272 g/mol. The van der Waals surface area contributed by atoms with Gasteiger partial charge in [0.2, 0.25) is 0 Å². The fourth-order valence-corrected chi connectivity index (χ4v) is 1.63. The highest BCUT2D eigenvalue weighted by molar-refractivity contribution is 5.39. The highest BCUT2D eigenvalue weighted by atomic mass is 16.5. The van der Waals surface area contributed by atoms with Gasteiger partial charge in [-0.2, -0.15) is 0 Å². The van der Waals surface area contributed by atoms with Crippen LogP contribution in [0.25, 0.3) is 0 Å². The van der Waals surface area contributed by atoms with Crippen LogP contribution < -0.4 is 9.47 Å². The average molecular weight is 294 g/mol. The number of rotatable bonds is 10. The van der Waals surface area contributed by atoms with E-state index in [-0.39, 0.29) is 19.2 Å². The van der Waals surface area contributed by atoms with Gasteiger partial charge in [0.25, 0.3) is 0 Å². The number of nitrogens with zero attached hydrogens (tertiary/aromatic N) is 2. The lowest BCUT2D eigenvalue weighted by atomic mass is 10.3. The summed E-state index contributed by atoms with van der Waals surface area (Å²) < 4.78 is 11.0. The van der Waals surface area contributed by atoms with E-state index in [9.17, 15) is 10.0 Å². The minimum absolute atomic E-state index is 0.0488. The first-order valence-electron chi connectivity index (χ1n) is 6.82. The Balaban J connectivity index is 2.54. The van der Waals surface area contributed by atoms with Crippen molar-refractivity contribution in [3.05, 3.63) is 41.8 Å². The van der Waals surface area contributed by atoms with Crippen molar-refractivity contribution in [1.29, 1.82) is 0 Å². The monoisotopic (exact) mass is 294 g/mol. The maximum Gasteiger partial charge on any atom is 0.161 e. The molecule has 116 valence electrons. The molecule has 1 N–H and O–H groups in total. The van der Waals surface area contributed by atoms with Crippen molar-refractivity contribution >= 4 is 0 Å². The van der Waals surface area contributed by atoms with Crippen LogP contribution in [0.2, 0.25) is 0 Å². The van der Waals surface area contributed by atoms with Crippen LogP contribution in [0.15, 0.2) is 42.2 Å². The fraction of sp³-hybridized carbons (Fsp3) is 0.467. The number of para-hydroxylation sites is 2. The third-order valence-corrected chi connectivity index (χ3v) is 2.74. The van der Waals surface area contributed by atoms with Gasteiger partial charge in [0.05, 0.1) is 11.8 Å². The molecule has 6 nitrogen and oxygen atoms in total. The third-order valence-electron chi connectivity index (χ3n) is 2.74. The highest BCUT2D eigenvalue weighted by Gasteiger charge is 2.15. The van der Waals surface area contributed by atoms with Crippen molar-refractivity contribution in [3.63, 3.8) is 0 Å². The predicted molar refractivity (Wildman–Crippen MR) is 81.3 cm³/mol. The zero-order valence-corrected chi connectivity index (χ0v) is 12.4. The van der Waals surface area contributed by atoms with E-state index in [1.54, 1.807) is 18.2 Å². The van der Waals surface area contributed by atoms with Crippen LogP contribution in [-0.2, 0) is 0 Å². The molecule has 1 atom stereocenters. The molecule has 0 radical (unpaired) electrons. The van der Waals surface area contributed by atoms with Gasteiger partial charge in [-0.1, -0.05) is 24.8 Å². The number of nitroso groups, excluding NO2 is 1. The molecule has 0 saturated carbocycles. The first kappa shape index (κ1) is 17.0. The molecule has 0 fully saturated rings. The van der Waals surface area contributed by atoms with E-state index >= 15 is 0 Å². The van der Waals surface area contributed by atoms with Crippen molar-refractivity contribution in [3.8, 4) is 11.5 Å². The van der Waals surface area contributed by atoms with Gasteiger partial charge >= 0.3 is 0 Å². The molecule has 1 aromatic carbocycles. The molecule has 21 heavy (non-hydrogen) atoms.